The highest BCUT2D eigenvalue weighted by Gasteiger charge is 2.02. The Morgan fingerprint density at radius 1 is 1.17 bits per heavy atom. The van der Waals surface area contributed by atoms with Crippen LogP contribution in [0.3, 0.4) is 0 Å². The van der Waals surface area contributed by atoms with E-state index in [0.29, 0.717) is 12.2 Å². The Balaban J connectivity index is 2.06. The fourth-order valence-corrected chi connectivity index (χ4v) is 2.20. The van der Waals surface area contributed by atoms with Crippen LogP contribution in [0, 0.1) is 21.8 Å². The van der Waals surface area contributed by atoms with Crippen LogP contribution in [0.4, 0.5) is 0 Å². The summed E-state index contributed by atoms with van der Waals surface area (Å²) in [7, 11) is 0. The zero-order chi connectivity index (χ0) is 13.0. The van der Waals surface area contributed by atoms with Gasteiger partial charge in [0, 0.05) is 0 Å². The van der Waals surface area contributed by atoms with Crippen molar-refractivity contribution >= 4 is 22.6 Å². The average Bonchev–Trinajstić information content (AvgIpc) is 2.39. The van der Waals surface area contributed by atoms with Crippen molar-refractivity contribution in [3.05, 3.63) is 62.7 Å². The molecule has 0 fully saturated rings. The highest BCUT2D eigenvalue weighted by molar-refractivity contribution is 14.1. The minimum Gasteiger partial charge on any atom is -0.488 e. The van der Waals surface area contributed by atoms with E-state index < -0.39 is 0 Å². The Morgan fingerprint density at radius 2 is 1.89 bits per heavy atom. The molecule has 0 amide bonds. The number of benzene rings is 2. The van der Waals surface area contributed by atoms with Crippen LogP contribution in [-0.2, 0) is 6.61 Å². The van der Waals surface area contributed by atoms with Crippen LogP contribution in [0.5, 0.6) is 5.75 Å². The van der Waals surface area contributed by atoms with Crippen molar-refractivity contribution in [1.82, 2.24) is 0 Å². The number of rotatable bonds is 3. The molecule has 0 N–H and O–H groups in total. The number of nitriles is 1. The highest BCUT2D eigenvalue weighted by Crippen LogP contribution is 2.22. The minimum atomic E-state index is 0.544. The van der Waals surface area contributed by atoms with Crippen molar-refractivity contribution < 1.29 is 4.74 Å². The lowest BCUT2D eigenvalue weighted by Gasteiger charge is -2.08. The molecular weight excluding hydrogens is 337 g/mol. The lowest BCUT2D eigenvalue weighted by Crippen LogP contribution is -1.97. The highest BCUT2D eigenvalue weighted by atomic mass is 127. The van der Waals surface area contributed by atoms with Gasteiger partial charge in [-0.1, -0.05) is 29.8 Å². The summed E-state index contributed by atoms with van der Waals surface area (Å²) in [5, 5.41) is 8.79. The first kappa shape index (κ1) is 12.9. The molecule has 2 aromatic carbocycles. The summed E-state index contributed by atoms with van der Waals surface area (Å²) >= 11 is 2.18. The fourth-order valence-electron chi connectivity index (χ4n) is 1.53. The van der Waals surface area contributed by atoms with E-state index in [1.807, 2.05) is 12.1 Å². The van der Waals surface area contributed by atoms with Crippen LogP contribution < -0.4 is 4.74 Å². The molecule has 0 aromatic heterocycles. The summed E-state index contributed by atoms with van der Waals surface area (Å²) in [4.78, 5) is 0. The second-order valence-electron chi connectivity index (χ2n) is 4.03. The quantitative estimate of drug-likeness (QED) is 0.784. The third kappa shape index (κ3) is 3.23. The Labute approximate surface area is 120 Å². The summed E-state index contributed by atoms with van der Waals surface area (Å²) in [5.74, 6) is 0.815. The molecule has 2 rings (SSSR count). The van der Waals surface area contributed by atoms with Crippen LogP contribution in [0.1, 0.15) is 16.7 Å². The van der Waals surface area contributed by atoms with Crippen molar-refractivity contribution in [2.75, 3.05) is 0 Å². The largest absolute Gasteiger partial charge is 0.488 e. The monoisotopic (exact) mass is 349 g/mol. The maximum absolute atomic E-state index is 8.79. The third-order valence-electron chi connectivity index (χ3n) is 2.58. The molecule has 3 heteroatoms. The second-order valence-corrected chi connectivity index (χ2v) is 5.19. The van der Waals surface area contributed by atoms with Crippen LogP contribution in [0.2, 0.25) is 0 Å². The van der Waals surface area contributed by atoms with E-state index in [4.69, 9.17) is 10.00 Å². The zero-order valence-corrected chi connectivity index (χ0v) is 12.1. The molecule has 0 heterocycles. The van der Waals surface area contributed by atoms with Crippen LogP contribution in [0.15, 0.2) is 42.5 Å². The first-order valence-electron chi connectivity index (χ1n) is 5.57. The molecule has 0 spiro atoms. The molecule has 0 bridgehead atoms. The van der Waals surface area contributed by atoms with Crippen molar-refractivity contribution in [1.29, 1.82) is 5.26 Å². The number of aryl methyl sites for hydroxylation is 1. The van der Waals surface area contributed by atoms with Crippen molar-refractivity contribution in [3.8, 4) is 11.8 Å². The average molecular weight is 349 g/mol. The van der Waals surface area contributed by atoms with Crippen molar-refractivity contribution in [2.45, 2.75) is 13.5 Å². The fraction of sp³-hybridized carbons (Fsp3) is 0.133. The van der Waals surface area contributed by atoms with E-state index in [9.17, 15) is 0 Å². The SMILES string of the molecule is Cc1ccc(COc2ccc(C#N)cc2I)cc1. The summed E-state index contributed by atoms with van der Waals surface area (Å²) in [6.07, 6.45) is 0. The lowest BCUT2D eigenvalue weighted by molar-refractivity contribution is 0.304. The first-order valence-corrected chi connectivity index (χ1v) is 6.65. The standard InChI is InChI=1S/C15H12INO/c1-11-2-4-12(5-3-11)10-18-15-7-6-13(9-17)8-14(15)16/h2-8H,10H2,1H3. The number of nitrogens with zero attached hydrogens (tertiary/aromatic N) is 1. The lowest BCUT2D eigenvalue weighted by atomic mass is 10.2. The second kappa shape index (κ2) is 5.87. The van der Waals surface area contributed by atoms with Gasteiger partial charge in [0.05, 0.1) is 15.2 Å². The number of halogens is 1. The maximum Gasteiger partial charge on any atom is 0.133 e. The maximum atomic E-state index is 8.79. The van der Waals surface area contributed by atoms with Crippen molar-refractivity contribution in [2.24, 2.45) is 0 Å². The Bertz CT molecular complexity index is 584. The van der Waals surface area contributed by atoms with Crippen molar-refractivity contribution in [3.63, 3.8) is 0 Å². The van der Waals surface area contributed by atoms with Gasteiger partial charge in [0.2, 0.25) is 0 Å². The van der Waals surface area contributed by atoms with E-state index in [-0.39, 0.29) is 0 Å². The van der Waals surface area contributed by atoms with Gasteiger partial charge in [0.15, 0.2) is 0 Å². The number of hydrogen-bond acceptors (Lipinski definition) is 2. The van der Waals surface area contributed by atoms with E-state index in [1.165, 1.54) is 5.56 Å². The van der Waals surface area contributed by atoms with E-state index in [2.05, 4.69) is 59.8 Å². The summed E-state index contributed by atoms with van der Waals surface area (Å²) < 4.78 is 6.70. The van der Waals surface area contributed by atoms with Gasteiger partial charge in [-0.3, -0.25) is 0 Å². The zero-order valence-electron chi connectivity index (χ0n) is 9.98. The van der Waals surface area contributed by atoms with Crippen LogP contribution in [-0.4, -0.2) is 0 Å². The third-order valence-corrected chi connectivity index (χ3v) is 3.42. The molecule has 90 valence electrons. The Morgan fingerprint density at radius 3 is 2.50 bits per heavy atom. The molecule has 18 heavy (non-hydrogen) atoms. The molecule has 2 aromatic rings. The molecule has 0 saturated heterocycles. The Kier molecular flexibility index (Phi) is 4.21. The van der Waals surface area contributed by atoms with E-state index in [1.54, 1.807) is 6.07 Å². The van der Waals surface area contributed by atoms with Gasteiger partial charge < -0.3 is 4.74 Å². The van der Waals surface area contributed by atoms with Crippen LogP contribution in [0.25, 0.3) is 0 Å². The molecule has 0 aliphatic carbocycles. The van der Waals surface area contributed by atoms with E-state index in [0.717, 1.165) is 14.9 Å². The molecule has 2 nitrogen and oxygen atoms in total. The van der Waals surface area contributed by atoms with Gasteiger partial charge in [0.25, 0.3) is 0 Å². The normalized spacial score (nSPS) is 9.83. The van der Waals surface area contributed by atoms with Gasteiger partial charge in [-0.05, 0) is 53.3 Å². The number of hydrogen-bond donors (Lipinski definition) is 0. The van der Waals surface area contributed by atoms with E-state index >= 15 is 0 Å². The smallest absolute Gasteiger partial charge is 0.133 e. The summed E-state index contributed by atoms with van der Waals surface area (Å²) in [5.41, 5.74) is 3.04. The molecule has 0 aliphatic rings. The van der Waals surface area contributed by atoms with Gasteiger partial charge in [-0.2, -0.15) is 5.26 Å². The number of ether oxygens (including phenoxy) is 1. The van der Waals surface area contributed by atoms with Gasteiger partial charge in [-0.15, -0.1) is 0 Å². The first-order chi connectivity index (χ1) is 8.69. The van der Waals surface area contributed by atoms with Gasteiger partial charge in [-0.25, -0.2) is 0 Å². The van der Waals surface area contributed by atoms with Crippen LogP contribution >= 0.6 is 22.6 Å². The molecule has 0 radical (unpaired) electrons. The molecular formula is C15H12INO. The molecule has 0 unspecified atom stereocenters. The molecule has 0 atom stereocenters. The molecule has 0 saturated carbocycles. The van der Waals surface area contributed by atoms with Gasteiger partial charge >= 0.3 is 0 Å². The van der Waals surface area contributed by atoms with Gasteiger partial charge in [0.1, 0.15) is 12.4 Å². The molecule has 0 aliphatic heterocycles. The predicted molar refractivity (Wildman–Crippen MR) is 79.4 cm³/mol. The summed E-state index contributed by atoms with van der Waals surface area (Å²) in [6, 6.07) is 15.8. The summed E-state index contributed by atoms with van der Waals surface area (Å²) in [6.45, 7) is 2.61. The predicted octanol–water partition coefficient (Wildman–Crippen LogP) is 4.05. The minimum absolute atomic E-state index is 0.544. The Hall–Kier alpha value is -1.54. The topological polar surface area (TPSA) is 33.0 Å².